The second-order valence-corrected chi connectivity index (χ2v) is 4.64. The minimum Gasteiger partial charge on any atom is -0.438 e. The van der Waals surface area contributed by atoms with Crippen LogP contribution in [0.3, 0.4) is 0 Å². The molecule has 0 amide bonds. The number of methoxy groups -OCH3 is 1. The topological polar surface area (TPSA) is 35.5 Å². The number of carbonyl (C=O) groups excluding carboxylic acids is 1. The molecule has 0 spiro atoms. The first kappa shape index (κ1) is 16.1. The van der Waals surface area contributed by atoms with Crippen LogP contribution < -0.4 is 0 Å². The molecule has 1 aromatic rings. The molecule has 1 aromatic carbocycles. The van der Waals surface area contributed by atoms with Gasteiger partial charge in [0.2, 0.25) is 0 Å². The van der Waals surface area contributed by atoms with Gasteiger partial charge in [0.05, 0.1) is 7.11 Å². The highest BCUT2D eigenvalue weighted by Crippen LogP contribution is 2.18. The van der Waals surface area contributed by atoms with Crippen LogP contribution in [0.4, 0.5) is 4.79 Å². The molecule has 1 unspecified atom stereocenters. The van der Waals surface area contributed by atoms with Gasteiger partial charge in [-0.15, -0.1) is 0 Å². The zero-order chi connectivity index (χ0) is 14.8. The molecule has 0 bridgehead atoms. The largest absolute Gasteiger partial charge is 0.509 e. The molecule has 0 aliphatic rings. The second kappa shape index (κ2) is 9.03. The van der Waals surface area contributed by atoms with Crippen molar-refractivity contribution >= 4 is 6.16 Å². The Morgan fingerprint density at radius 1 is 1.25 bits per heavy atom. The normalized spacial score (nSPS) is 11.2. The lowest BCUT2D eigenvalue weighted by molar-refractivity contribution is 0.0550. The fraction of sp³-hybridized carbons (Fsp3) is 0.471. The van der Waals surface area contributed by atoms with Gasteiger partial charge in [-0.25, -0.2) is 4.79 Å². The molecule has 0 heterocycles. The third-order valence-electron chi connectivity index (χ3n) is 2.90. The maximum absolute atomic E-state index is 11.3. The quantitative estimate of drug-likeness (QED) is 0.453. The Labute approximate surface area is 121 Å². The molecule has 0 aromatic heterocycles. The van der Waals surface area contributed by atoms with E-state index in [-0.39, 0.29) is 0 Å². The van der Waals surface area contributed by atoms with Gasteiger partial charge in [-0.1, -0.05) is 61.4 Å². The summed E-state index contributed by atoms with van der Waals surface area (Å²) in [5.74, 6) is 6.09. The maximum Gasteiger partial charge on any atom is 0.509 e. The lowest BCUT2D eigenvalue weighted by Gasteiger charge is -2.11. The molecule has 0 aliphatic carbocycles. The fourth-order valence-electron chi connectivity index (χ4n) is 1.69. The molecule has 3 nitrogen and oxygen atoms in total. The van der Waals surface area contributed by atoms with Crippen molar-refractivity contribution in [1.82, 2.24) is 0 Å². The van der Waals surface area contributed by atoms with Crippen molar-refractivity contribution in [1.29, 1.82) is 0 Å². The van der Waals surface area contributed by atoms with E-state index in [4.69, 9.17) is 4.74 Å². The molecule has 20 heavy (non-hydrogen) atoms. The summed E-state index contributed by atoms with van der Waals surface area (Å²) in [7, 11) is 1.29. The number of hydrogen-bond acceptors (Lipinski definition) is 3. The summed E-state index contributed by atoms with van der Waals surface area (Å²) < 4.78 is 9.74. The third-order valence-corrected chi connectivity index (χ3v) is 2.90. The zero-order valence-electron chi connectivity index (χ0n) is 12.4. The number of benzene rings is 1. The van der Waals surface area contributed by atoms with E-state index in [9.17, 15) is 4.79 Å². The smallest absolute Gasteiger partial charge is 0.438 e. The summed E-state index contributed by atoms with van der Waals surface area (Å²) in [5.41, 5.74) is 2.02. The second-order valence-electron chi connectivity index (χ2n) is 4.64. The maximum atomic E-state index is 11.3. The Bertz CT molecular complexity index is 465. The number of rotatable bonds is 5. The number of hydrogen-bond donors (Lipinski definition) is 0. The average Bonchev–Trinajstić information content (AvgIpc) is 2.46. The molecular formula is C17H22O3. The Hall–Kier alpha value is -1.95. The first-order valence-electron chi connectivity index (χ1n) is 6.97. The van der Waals surface area contributed by atoms with Gasteiger partial charge in [-0.2, -0.15) is 0 Å². The monoisotopic (exact) mass is 274 g/mol. The van der Waals surface area contributed by atoms with E-state index < -0.39 is 12.3 Å². The Morgan fingerprint density at radius 2 is 1.95 bits per heavy atom. The van der Waals surface area contributed by atoms with Crippen molar-refractivity contribution < 1.29 is 14.3 Å². The summed E-state index contributed by atoms with van der Waals surface area (Å²) >= 11 is 0. The van der Waals surface area contributed by atoms with Gasteiger partial charge in [0.15, 0.2) is 6.10 Å². The van der Waals surface area contributed by atoms with Crippen LogP contribution in [-0.2, 0) is 9.47 Å². The molecule has 3 heteroatoms. The minimum absolute atomic E-state index is 0.565. The summed E-state index contributed by atoms with van der Waals surface area (Å²) in [4.78, 5) is 11.3. The van der Waals surface area contributed by atoms with Crippen LogP contribution in [0.2, 0.25) is 0 Å². The molecule has 0 saturated carbocycles. The molecule has 0 radical (unpaired) electrons. The molecular weight excluding hydrogens is 252 g/mol. The minimum atomic E-state index is -0.710. The summed E-state index contributed by atoms with van der Waals surface area (Å²) in [6.45, 7) is 4.17. The predicted molar refractivity (Wildman–Crippen MR) is 79.3 cm³/mol. The van der Waals surface area contributed by atoms with Crippen molar-refractivity contribution in [2.45, 2.75) is 45.6 Å². The Morgan fingerprint density at radius 3 is 2.55 bits per heavy atom. The molecule has 1 rings (SSSR count). The molecule has 1 atom stereocenters. The van der Waals surface area contributed by atoms with Crippen LogP contribution in [0.15, 0.2) is 24.3 Å². The van der Waals surface area contributed by atoms with Crippen LogP contribution in [0.5, 0.6) is 0 Å². The van der Waals surface area contributed by atoms with Gasteiger partial charge in [0.1, 0.15) is 0 Å². The van der Waals surface area contributed by atoms with Gasteiger partial charge in [-0.3, -0.25) is 0 Å². The van der Waals surface area contributed by atoms with Crippen LogP contribution >= 0.6 is 0 Å². The van der Waals surface area contributed by atoms with Gasteiger partial charge in [0.25, 0.3) is 0 Å². The fourth-order valence-corrected chi connectivity index (χ4v) is 1.69. The number of ether oxygens (including phenoxy) is 2. The highest BCUT2D eigenvalue weighted by atomic mass is 16.7. The Balaban J connectivity index is 2.74. The molecule has 0 fully saturated rings. The van der Waals surface area contributed by atoms with Gasteiger partial charge < -0.3 is 9.47 Å². The van der Waals surface area contributed by atoms with Crippen LogP contribution in [-0.4, -0.2) is 13.3 Å². The highest BCUT2D eigenvalue weighted by molar-refractivity contribution is 5.60. The number of unbranched alkanes of at least 4 members (excludes halogenated alkanes) is 3. The van der Waals surface area contributed by atoms with Crippen molar-refractivity contribution in [3.05, 3.63) is 35.4 Å². The van der Waals surface area contributed by atoms with E-state index in [1.807, 2.05) is 31.2 Å². The number of carbonyl (C=O) groups is 1. The van der Waals surface area contributed by atoms with E-state index in [1.54, 1.807) is 0 Å². The molecule has 0 aliphatic heterocycles. The van der Waals surface area contributed by atoms with Gasteiger partial charge >= 0.3 is 6.16 Å². The zero-order valence-corrected chi connectivity index (χ0v) is 12.4. The van der Waals surface area contributed by atoms with Crippen molar-refractivity contribution in [2.24, 2.45) is 0 Å². The lowest BCUT2D eigenvalue weighted by Crippen LogP contribution is -2.10. The van der Waals surface area contributed by atoms with E-state index >= 15 is 0 Å². The third kappa shape index (κ3) is 5.79. The average molecular weight is 274 g/mol. The van der Waals surface area contributed by atoms with Crippen molar-refractivity contribution in [3.8, 4) is 11.8 Å². The number of aryl methyl sites for hydroxylation is 1. The van der Waals surface area contributed by atoms with Gasteiger partial charge in [0, 0.05) is 12.0 Å². The summed E-state index contributed by atoms with van der Waals surface area (Å²) in [6.07, 6.45) is 2.95. The van der Waals surface area contributed by atoms with Crippen LogP contribution in [0.25, 0.3) is 0 Å². The van der Waals surface area contributed by atoms with E-state index in [0.717, 1.165) is 24.0 Å². The van der Waals surface area contributed by atoms with E-state index in [2.05, 4.69) is 23.5 Å². The first-order chi connectivity index (χ1) is 9.67. The SMILES string of the molecule is CCCCCC#CC(OC(=O)OC)c1ccc(C)cc1. The van der Waals surface area contributed by atoms with E-state index in [1.165, 1.54) is 20.0 Å². The molecule has 0 N–H and O–H groups in total. The molecule has 108 valence electrons. The van der Waals surface area contributed by atoms with Crippen molar-refractivity contribution in [3.63, 3.8) is 0 Å². The van der Waals surface area contributed by atoms with Gasteiger partial charge in [-0.05, 0) is 13.3 Å². The Kier molecular flexibility index (Phi) is 7.27. The van der Waals surface area contributed by atoms with Crippen molar-refractivity contribution in [2.75, 3.05) is 7.11 Å². The molecule has 0 saturated heterocycles. The first-order valence-corrected chi connectivity index (χ1v) is 6.97. The van der Waals surface area contributed by atoms with Crippen LogP contribution in [0, 0.1) is 18.8 Å². The lowest BCUT2D eigenvalue weighted by atomic mass is 10.1. The standard InChI is InChI=1S/C17H22O3/c1-4-5-6-7-8-9-16(20-17(18)19-3)15-12-10-14(2)11-13-15/h10-13,16H,4-7H2,1-3H3. The van der Waals surface area contributed by atoms with E-state index in [0.29, 0.717) is 0 Å². The summed E-state index contributed by atoms with van der Waals surface area (Å²) in [5, 5.41) is 0. The summed E-state index contributed by atoms with van der Waals surface area (Å²) in [6, 6.07) is 7.79. The van der Waals surface area contributed by atoms with Crippen LogP contribution in [0.1, 0.15) is 49.8 Å². The highest BCUT2D eigenvalue weighted by Gasteiger charge is 2.14. The predicted octanol–water partition coefficient (Wildman–Crippen LogP) is 4.40.